The molecule has 2 heterocycles. The van der Waals surface area contributed by atoms with Crippen LogP contribution in [0, 0.1) is 10.1 Å². The van der Waals surface area contributed by atoms with Gasteiger partial charge in [0.05, 0.1) is 16.5 Å². The number of carbonyl (C=O) groups is 2. The number of non-ortho nitro benzene ring substituents is 1. The first-order valence-electron chi connectivity index (χ1n) is 7.35. The maximum Gasteiger partial charge on any atom is 0.420 e. The molecule has 0 spiro atoms. The highest BCUT2D eigenvalue weighted by molar-refractivity contribution is 5.94. The lowest BCUT2D eigenvalue weighted by molar-refractivity contribution is -0.384. The van der Waals surface area contributed by atoms with Crippen LogP contribution in [0.25, 0.3) is 11.1 Å². The van der Waals surface area contributed by atoms with Gasteiger partial charge in [-0.3, -0.25) is 35.1 Å². The molecular weight excluding hydrogens is 346 g/mol. The van der Waals surface area contributed by atoms with Crippen LogP contribution in [0.5, 0.6) is 0 Å². The zero-order valence-electron chi connectivity index (χ0n) is 13.5. The Morgan fingerprint density at radius 2 is 2.04 bits per heavy atom. The number of nitro benzene ring substituents is 1. The lowest BCUT2D eigenvalue weighted by Crippen LogP contribution is -2.44. The fourth-order valence-corrected chi connectivity index (χ4v) is 2.39. The van der Waals surface area contributed by atoms with Crippen molar-refractivity contribution in [2.24, 2.45) is 7.05 Å². The number of aryl methyl sites for hydroxylation is 1. The number of benzene rings is 1. The third kappa shape index (κ3) is 3.17. The van der Waals surface area contributed by atoms with Crippen LogP contribution in [0.4, 0.5) is 5.69 Å². The van der Waals surface area contributed by atoms with E-state index in [1.54, 1.807) is 29.9 Å². The number of nitrogens with zero attached hydrogens (tertiary/aromatic N) is 3. The van der Waals surface area contributed by atoms with Gasteiger partial charge in [-0.05, 0) is 18.2 Å². The van der Waals surface area contributed by atoms with Gasteiger partial charge in [0.25, 0.3) is 17.5 Å². The largest absolute Gasteiger partial charge is 0.420 e. The normalized spacial score (nSPS) is 10.7. The van der Waals surface area contributed by atoms with Crippen molar-refractivity contribution in [2.45, 2.75) is 6.54 Å². The van der Waals surface area contributed by atoms with Crippen molar-refractivity contribution in [2.75, 3.05) is 0 Å². The SMILES string of the molecule is Cn1cccc1C(=O)NNC(=O)Cn1c(=O)oc2cc([N+](=O)[O-])ccc21. The smallest absolute Gasteiger partial charge is 0.407 e. The fraction of sp³-hybridized carbons (Fsp3) is 0.133. The van der Waals surface area contributed by atoms with Crippen molar-refractivity contribution >= 4 is 28.6 Å². The third-order valence-corrected chi connectivity index (χ3v) is 3.66. The van der Waals surface area contributed by atoms with E-state index >= 15 is 0 Å². The quantitative estimate of drug-likeness (QED) is 0.507. The Morgan fingerprint density at radius 1 is 1.27 bits per heavy atom. The molecule has 3 aromatic rings. The summed E-state index contributed by atoms with van der Waals surface area (Å²) in [5, 5.41) is 10.8. The minimum Gasteiger partial charge on any atom is -0.407 e. The number of hydrogen-bond donors (Lipinski definition) is 2. The minimum atomic E-state index is -0.843. The number of nitro groups is 1. The number of amides is 2. The van der Waals surface area contributed by atoms with E-state index < -0.39 is 29.0 Å². The highest BCUT2D eigenvalue weighted by atomic mass is 16.6. The molecule has 2 N–H and O–H groups in total. The molecule has 0 saturated heterocycles. The summed E-state index contributed by atoms with van der Waals surface area (Å²) < 4.78 is 7.50. The number of rotatable bonds is 4. The first kappa shape index (κ1) is 17.0. The average Bonchev–Trinajstić information content (AvgIpc) is 3.15. The third-order valence-electron chi connectivity index (χ3n) is 3.66. The Bertz CT molecular complexity index is 1080. The Kier molecular flexibility index (Phi) is 4.27. The van der Waals surface area contributed by atoms with E-state index in [1.165, 1.54) is 12.1 Å². The molecule has 0 radical (unpaired) electrons. The van der Waals surface area contributed by atoms with Crippen LogP contribution in [0.15, 0.2) is 45.7 Å². The summed E-state index contributed by atoms with van der Waals surface area (Å²) in [6, 6.07) is 6.86. The van der Waals surface area contributed by atoms with E-state index in [2.05, 4.69) is 10.9 Å². The van der Waals surface area contributed by atoms with Crippen LogP contribution in [-0.2, 0) is 18.4 Å². The van der Waals surface area contributed by atoms with Crippen LogP contribution >= 0.6 is 0 Å². The topological polar surface area (TPSA) is 141 Å². The molecule has 1 aromatic carbocycles. The van der Waals surface area contributed by atoms with Gasteiger partial charge in [0, 0.05) is 19.3 Å². The van der Waals surface area contributed by atoms with Gasteiger partial charge in [0.2, 0.25) is 0 Å². The molecule has 0 unspecified atom stereocenters. The Morgan fingerprint density at radius 3 is 2.69 bits per heavy atom. The maximum absolute atomic E-state index is 12.0. The molecule has 2 aromatic heterocycles. The van der Waals surface area contributed by atoms with Gasteiger partial charge in [-0.15, -0.1) is 0 Å². The first-order chi connectivity index (χ1) is 12.4. The molecule has 0 bridgehead atoms. The predicted octanol–water partition coefficient (Wildman–Crippen LogP) is 0.302. The van der Waals surface area contributed by atoms with Gasteiger partial charge in [0.1, 0.15) is 12.2 Å². The molecule has 0 fully saturated rings. The Labute approximate surface area is 144 Å². The summed E-state index contributed by atoms with van der Waals surface area (Å²) in [7, 11) is 1.67. The standard InChI is InChI=1S/C15H13N5O6/c1-18-6-2-3-11(18)14(22)17-16-13(21)8-19-10-5-4-9(20(24)25)7-12(10)26-15(19)23/h2-7H,8H2,1H3,(H,16,21)(H,17,22). The summed E-state index contributed by atoms with van der Waals surface area (Å²) in [6.07, 6.45) is 1.67. The zero-order valence-corrected chi connectivity index (χ0v) is 13.5. The van der Waals surface area contributed by atoms with E-state index in [1.807, 2.05) is 0 Å². The van der Waals surface area contributed by atoms with Crippen molar-refractivity contribution in [3.63, 3.8) is 0 Å². The van der Waals surface area contributed by atoms with E-state index in [4.69, 9.17) is 4.42 Å². The predicted molar refractivity (Wildman–Crippen MR) is 88.2 cm³/mol. The van der Waals surface area contributed by atoms with Gasteiger partial charge in [-0.1, -0.05) is 0 Å². The molecule has 0 saturated carbocycles. The van der Waals surface area contributed by atoms with Crippen molar-refractivity contribution in [1.29, 1.82) is 0 Å². The highest BCUT2D eigenvalue weighted by Gasteiger charge is 2.17. The van der Waals surface area contributed by atoms with Crippen LogP contribution < -0.4 is 16.6 Å². The number of hydrazine groups is 1. The molecule has 2 amide bonds. The lowest BCUT2D eigenvalue weighted by Gasteiger charge is -2.08. The van der Waals surface area contributed by atoms with Crippen LogP contribution in [-0.4, -0.2) is 25.9 Å². The molecular formula is C15H13N5O6. The molecule has 3 rings (SSSR count). The van der Waals surface area contributed by atoms with Crippen molar-refractivity contribution < 1.29 is 18.9 Å². The molecule has 0 aliphatic rings. The molecule has 0 atom stereocenters. The first-order valence-corrected chi connectivity index (χ1v) is 7.35. The summed E-state index contributed by atoms with van der Waals surface area (Å²) in [4.78, 5) is 45.9. The average molecular weight is 359 g/mol. The molecule has 0 aliphatic carbocycles. The number of oxazole rings is 1. The summed E-state index contributed by atoms with van der Waals surface area (Å²) in [6.45, 7) is -0.433. The minimum absolute atomic E-state index is 0.00940. The van der Waals surface area contributed by atoms with E-state index in [0.717, 1.165) is 10.6 Å². The Hall–Kier alpha value is -3.89. The molecule has 0 aliphatic heterocycles. The van der Waals surface area contributed by atoms with Crippen molar-refractivity contribution in [3.05, 3.63) is 62.9 Å². The molecule has 11 nitrogen and oxygen atoms in total. The number of hydrogen-bond acceptors (Lipinski definition) is 6. The van der Waals surface area contributed by atoms with Gasteiger partial charge >= 0.3 is 5.76 Å². The lowest BCUT2D eigenvalue weighted by atomic mass is 10.3. The van der Waals surface area contributed by atoms with Crippen molar-refractivity contribution in [1.82, 2.24) is 20.0 Å². The second-order valence-corrected chi connectivity index (χ2v) is 5.37. The zero-order chi connectivity index (χ0) is 18.8. The van der Waals surface area contributed by atoms with E-state index in [9.17, 15) is 24.5 Å². The van der Waals surface area contributed by atoms with Gasteiger partial charge in [0.15, 0.2) is 5.58 Å². The van der Waals surface area contributed by atoms with Crippen LogP contribution in [0.1, 0.15) is 10.5 Å². The number of fused-ring (bicyclic) bond motifs is 1. The van der Waals surface area contributed by atoms with Crippen LogP contribution in [0.2, 0.25) is 0 Å². The van der Waals surface area contributed by atoms with E-state index in [0.29, 0.717) is 5.69 Å². The molecule has 11 heteroatoms. The molecule has 26 heavy (non-hydrogen) atoms. The second-order valence-electron chi connectivity index (χ2n) is 5.37. The highest BCUT2D eigenvalue weighted by Crippen LogP contribution is 2.19. The monoisotopic (exact) mass is 359 g/mol. The van der Waals surface area contributed by atoms with Gasteiger partial charge < -0.3 is 8.98 Å². The maximum atomic E-state index is 12.0. The summed E-state index contributed by atoms with van der Waals surface area (Å²) in [5.74, 6) is -2.04. The van der Waals surface area contributed by atoms with Crippen LogP contribution in [0.3, 0.4) is 0 Å². The van der Waals surface area contributed by atoms with E-state index in [-0.39, 0.29) is 16.8 Å². The van der Waals surface area contributed by atoms with Gasteiger partial charge in [-0.25, -0.2) is 4.79 Å². The Balaban J connectivity index is 1.72. The molecule has 134 valence electrons. The number of carbonyl (C=O) groups excluding carboxylic acids is 2. The summed E-state index contributed by atoms with van der Waals surface area (Å²) in [5.41, 5.74) is 4.75. The van der Waals surface area contributed by atoms with Crippen molar-refractivity contribution in [3.8, 4) is 0 Å². The number of nitrogens with one attached hydrogen (secondary N) is 2. The van der Waals surface area contributed by atoms with Gasteiger partial charge in [-0.2, -0.15) is 0 Å². The second kappa shape index (κ2) is 6.55. The summed E-state index contributed by atoms with van der Waals surface area (Å²) >= 11 is 0. The fourth-order valence-electron chi connectivity index (χ4n) is 2.39. The number of aromatic nitrogens is 2.